The number of pyridine rings is 2. The molecule has 5 nitrogen and oxygen atoms in total. The Kier molecular flexibility index (Phi) is 6.56. The van der Waals surface area contributed by atoms with Gasteiger partial charge in [-0.2, -0.15) is 0 Å². The number of anilines is 1. The lowest BCUT2D eigenvalue weighted by molar-refractivity contribution is 0.103. The summed E-state index contributed by atoms with van der Waals surface area (Å²) in [7, 11) is 0. The summed E-state index contributed by atoms with van der Waals surface area (Å²) >= 11 is 0. The van der Waals surface area contributed by atoms with Gasteiger partial charge in [0.25, 0.3) is 0 Å². The Hall–Kier alpha value is -2.27. The van der Waals surface area contributed by atoms with Gasteiger partial charge in [-0.25, -0.2) is 4.98 Å². The van der Waals surface area contributed by atoms with Crippen molar-refractivity contribution in [1.29, 1.82) is 0 Å². The molecule has 144 valence electrons. The van der Waals surface area contributed by atoms with Crippen molar-refractivity contribution in [2.45, 2.75) is 46.1 Å². The van der Waals surface area contributed by atoms with Gasteiger partial charge in [-0.3, -0.25) is 9.78 Å². The van der Waals surface area contributed by atoms with Crippen LogP contribution in [-0.4, -0.2) is 41.4 Å². The first kappa shape index (κ1) is 19.5. The largest absolute Gasteiger partial charge is 0.354 e. The minimum absolute atomic E-state index is 0.0396. The van der Waals surface area contributed by atoms with Crippen LogP contribution < -0.4 is 10.2 Å². The van der Waals surface area contributed by atoms with E-state index in [-0.39, 0.29) is 5.78 Å². The van der Waals surface area contributed by atoms with Crippen LogP contribution in [0.1, 0.15) is 55.2 Å². The third-order valence-corrected chi connectivity index (χ3v) is 4.96. The van der Waals surface area contributed by atoms with Gasteiger partial charge in [0.2, 0.25) is 5.78 Å². The fraction of sp³-hybridized carbons (Fsp3) is 0.500. The number of aryl methyl sites for hydroxylation is 1. The summed E-state index contributed by atoms with van der Waals surface area (Å²) in [5.41, 5.74) is 2.18. The third-order valence-electron chi connectivity index (χ3n) is 4.96. The molecule has 0 radical (unpaired) electrons. The lowest BCUT2D eigenvalue weighted by atomic mass is 10.0. The van der Waals surface area contributed by atoms with Crippen molar-refractivity contribution >= 4 is 11.6 Å². The molecule has 0 aromatic carbocycles. The number of carbonyl (C=O) groups is 1. The average molecular weight is 367 g/mol. The summed E-state index contributed by atoms with van der Waals surface area (Å²) in [5, 5.41) is 3.60. The predicted octanol–water partition coefficient (Wildman–Crippen LogP) is 3.48. The molecule has 1 fully saturated rings. The Balaban J connectivity index is 1.88. The zero-order valence-corrected chi connectivity index (χ0v) is 16.6. The standard InChI is InChI=1S/C22H30N4O/c1-4-6-17-8-9-20(26-12-11-24-19(15-26)13-16(2)3)25-21(17)22(27)18-7-5-10-23-14-18/h5,7-10,14,16,19,24H,4,6,11-13,15H2,1-3H3/t19-/m0/s1. The maximum Gasteiger partial charge on any atom is 0.213 e. The average Bonchev–Trinajstić information content (AvgIpc) is 2.68. The lowest BCUT2D eigenvalue weighted by Gasteiger charge is -2.35. The molecule has 0 spiro atoms. The van der Waals surface area contributed by atoms with E-state index in [1.54, 1.807) is 18.5 Å². The van der Waals surface area contributed by atoms with E-state index in [0.717, 1.165) is 50.3 Å². The topological polar surface area (TPSA) is 58.1 Å². The van der Waals surface area contributed by atoms with Crippen molar-refractivity contribution in [2.24, 2.45) is 5.92 Å². The Morgan fingerprint density at radius 1 is 1.33 bits per heavy atom. The quantitative estimate of drug-likeness (QED) is 0.760. The van der Waals surface area contributed by atoms with E-state index < -0.39 is 0 Å². The van der Waals surface area contributed by atoms with Crippen LogP contribution in [0.25, 0.3) is 0 Å². The molecule has 0 saturated carbocycles. The number of nitrogens with one attached hydrogen (secondary N) is 1. The summed E-state index contributed by atoms with van der Waals surface area (Å²) in [4.78, 5) is 24.3. The molecule has 0 bridgehead atoms. The Morgan fingerprint density at radius 2 is 2.19 bits per heavy atom. The predicted molar refractivity (Wildman–Crippen MR) is 109 cm³/mol. The summed E-state index contributed by atoms with van der Waals surface area (Å²) in [6.45, 7) is 9.42. The van der Waals surface area contributed by atoms with Crippen molar-refractivity contribution in [3.63, 3.8) is 0 Å². The van der Waals surface area contributed by atoms with Gasteiger partial charge >= 0.3 is 0 Å². The second-order valence-electron chi connectivity index (χ2n) is 7.72. The Bertz CT molecular complexity index is 760. The molecule has 3 heterocycles. The SMILES string of the molecule is CCCc1ccc(N2CCN[C@@H](CC(C)C)C2)nc1C(=O)c1cccnc1. The highest BCUT2D eigenvalue weighted by molar-refractivity contribution is 6.08. The number of aromatic nitrogens is 2. The molecule has 1 saturated heterocycles. The van der Waals surface area contributed by atoms with Crippen LogP contribution >= 0.6 is 0 Å². The maximum absolute atomic E-state index is 13.1. The molecule has 5 heteroatoms. The molecule has 1 aliphatic rings. The molecule has 0 aliphatic carbocycles. The van der Waals surface area contributed by atoms with Crippen molar-refractivity contribution in [1.82, 2.24) is 15.3 Å². The van der Waals surface area contributed by atoms with E-state index >= 15 is 0 Å². The first-order chi connectivity index (χ1) is 13.1. The molecular formula is C22H30N4O. The van der Waals surface area contributed by atoms with Crippen LogP contribution in [-0.2, 0) is 6.42 Å². The summed E-state index contributed by atoms with van der Waals surface area (Å²) < 4.78 is 0. The Labute approximate surface area is 162 Å². The zero-order valence-electron chi connectivity index (χ0n) is 16.6. The number of rotatable bonds is 7. The van der Waals surface area contributed by atoms with Crippen molar-refractivity contribution in [2.75, 3.05) is 24.5 Å². The second-order valence-corrected chi connectivity index (χ2v) is 7.72. The van der Waals surface area contributed by atoms with E-state index in [9.17, 15) is 4.79 Å². The fourth-order valence-corrected chi connectivity index (χ4v) is 3.72. The smallest absolute Gasteiger partial charge is 0.213 e. The molecule has 3 rings (SSSR count). The summed E-state index contributed by atoms with van der Waals surface area (Å²) in [6, 6.07) is 8.22. The number of ketones is 1. The summed E-state index contributed by atoms with van der Waals surface area (Å²) in [5.74, 6) is 1.52. The molecule has 2 aromatic rings. The number of nitrogens with zero attached hydrogens (tertiary/aromatic N) is 3. The molecule has 0 amide bonds. The highest BCUT2D eigenvalue weighted by Crippen LogP contribution is 2.21. The number of carbonyl (C=O) groups excluding carboxylic acids is 1. The zero-order chi connectivity index (χ0) is 19.2. The molecule has 2 aromatic heterocycles. The van der Waals surface area contributed by atoms with E-state index in [2.05, 4.69) is 48.1 Å². The van der Waals surface area contributed by atoms with Gasteiger partial charge in [0.15, 0.2) is 0 Å². The van der Waals surface area contributed by atoms with Crippen molar-refractivity contribution < 1.29 is 4.79 Å². The van der Waals surface area contributed by atoms with Gasteiger partial charge in [-0.1, -0.05) is 33.3 Å². The van der Waals surface area contributed by atoms with Crippen LogP contribution in [0.15, 0.2) is 36.7 Å². The van der Waals surface area contributed by atoms with Gasteiger partial charge in [-0.05, 0) is 42.5 Å². The normalized spacial score (nSPS) is 17.3. The van der Waals surface area contributed by atoms with Crippen molar-refractivity contribution in [3.8, 4) is 0 Å². The molecule has 1 aliphatic heterocycles. The highest BCUT2D eigenvalue weighted by atomic mass is 16.1. The van der Waals surface area contributed by atoms with Crippen LogP contribution in [0.4, 0.5) is 5.82 Å². The van der Waals surface area contributed by atoms with E-state index in [0.29, 0.717) is 23.2 Å². The minimum atomic E-state index is -0.0396. The van der Waals surface area contributed by atoms with E-state index in [1.165, 1.54) is 0 Å². The van der Waals surface area contributed by atoms with Crippen LogP contribution in [0, 0.1) is 5.92 Å². The van der Waals surface area contributed by atoms with Gasteiger partial charge in [0, 0.05) is 43.6 Å². The van der Waals surface area contributed by atoms with Crippen molar-refractivity contribution in [3.05, 3.63) is 53.5 Å². The molecule has 27 heavy (non-hydrogen) atoms. The van der Waals surface area contributed by atoms with Gasteiger partial charge in [0.05, 0.1) is 0 Å². The van der Waals surface area contributed by atoms with Gasteiger partial charge < -0.3 is 10.2 Å². The highest BCUT2D eigenvalue weighted by Gasteiger charge is 2.23. The maximum atomic E-state index is 13.1. The van der Waals surface area contributed by atoms with Crippen LogP contribution in [0.5, 0.6) is 0 Å². The Morgan fingerprint density at radius 3 is 2.89 bits per heavy atom. The second kappa shape index (κ2) is 9.09. The fourth-order valence-electron chi connectivity index (χ4n) is 3.72. The molecule has 1 atom stereocenters. The van der Waals surface area contributed by atoms with Crippen LogP contribution in [0.3, 0.4) is 0 Å². The van der Waals surface area contributed by atoms with E-state index in [1.807, 2.05) is 6.07 Å². The van der Waals surface area contributed by atoms with Gasteiger partial charge in [-0.15, -0.1) is 0 Å². The first-order valence-electron chi connectivity index (χ1n) is 10.0. The number of hydrogen-bond acceptors (Lipinski definition) is 5. The minimum Gasteiger partial charge on any atom is -0.354 e. The molecule has 1 N–H and O–H groups in total. The summed E-state index contributed by atoms with van der Waals surface area (Å²) in [6.07, 6.45) is 6.29. The molecular weight excluding hydrogens is 336 g/mol. The first-order valence-corrected chi connectivity index (χ1v) is 10.0. The third kappa shape index (κ3) is 4.92. The molecule has 0 unspecified atom stereocenters. The van der Waals surface area contributed by atoms with Crippen LogP contribution in [0.2, 0.25) is 0 Å². The monoisotopic (exact) mass is 366 g/mol. The van der Waals surface area contributed by atoms with Gasteiger partial charge in [0.1, 0.15) is 11.5 Å². The lowest BCUT2D eigenvalue weighted by Crippen LogP contribution is -2.51. The number of piperazine rings is 1. The number of hydrogen-bond donors (Lipinski definition) is 1. The van der Waals surface area contributed by atoms with E-state index in [4.69, 9.17) is 4.98 Å².